The van der Waals surface area contributed by atoms with Crippen LogP contribution in [0.4, 0.5) is 0 Å². The number of imide groups is 1. The number of rotatable bonds is 6. The highest BCUT2D eigenvalue weighted by Gasteiger charge is 2.61. The maximum atomic E-state index is 13.7. The molecule has 2 atom stereocenters. The van der Waals surface area contributed by atoms with E-state index in [0.717, 1.165) is 27.3 Å². The average molecular weight is 511 g/mol. The number of hydrazone groups is 1. The Hall–Kier alpha value is -4.08. The Balaban J connectivity index is 1.36. The molecule has 37 heavy (non-hydrogen) atoms. The Labute approximate surface area is 219 Å². The SMILES string of the molecule is C#CCOc1c(Cl)cc(/C=N\N2C(=O)[C@@H]3C4c5ccccc5C(c5ccccc54)[C@@H]3C2=O)cc1OCC. The van der Waals surface area contributed by atoms with Crippen molar-refractivity contribution >= 4 is 29.6 Å². The second-order valence-electron chi connectivity index (χ2n) is 9.25. The van der Waals surface area contributed by atoms with E-state index in [0.29, 0.717) is 28.7 Å². The van der Waals surface area contributed by atoms with Gasteiger partial charge in [-0.15, -0.1) is 6.42 Å². The van der Waals surface area contributed by atoms with Gasteiger partial charge in [-0.2, -0.15) is 10.1 Å². The summed E-state index contributed by atoms with van der Waals surface area (Å²) in [6.07, 6.45) is 6.76. The molecule has 4 aliphatic rings. The molecule has 0 N–H and O–H groups in total. The molecule has 0 unspecified atom stereocenters. The van der Waals surface area contributed by atoms with Crippen molar-refractivity contribution in [2.75, 3.05) is 13.2 Å². The molecule has 7 heteroatoms. The van der Waals surface area contributed by atoms with E-state index >= 15 is 0 Å². The topological polar surface area (TPSA) is 68.2 Å². The lowest BCUT2D eigenvalue weighted by atomic mass is 9.55. The van der Waals surface area contributed by atoms with Crippen molar-refractivity contribution < 1.29 is 19.1 Å². The summed E-state index contributed by atoms with van der Waals surface area (Å²) in [5, 5.41) is 5.68. The number of halogens is 1. The zero-order valence-electron chi connectivity index (χ0n) is 20.1. The first kappa shape index (κ1) is 23.3. The number of carbonyl (C=O) groups is 2. The van der Waals surface area contributed by atoms with E-state index in [1.807, 2.05) is 31.2 Å². The summed E-state index contributed by atoms with van der Waals surface area (Å²) in [6, 6.07) is 19.6. The van der Waals surface area contributed by atoms with Gasteiger partial charge in [0.15, 0.2) is 11.5 Å². The summed E-state index contributed by atoms with van der Waals surface area (Å²) in [4.78, 5) is 27.4. The standard InChI is InChI=1S/C30H23ClN2O4/c1-3-13-37-28-22(31)14-17(15-23(28)36-4-2)16-32-33-29(34)26-24-18-9-5-6-10-19(18)25(27(26)30(33)35)21-12-8-7-11-20(21)24/h1,5-12,14-16,24-27H,4,13H2,2H3/b32-16-/t24?,25?,26-,27+. The average Bonchev–Trinajstić information content (AvgIpc) is 3.17. The monoisotopic (exact) mass is 510 g/mol. The molecule has 3 aromatic rings. The highest BCUT2D eigenvalue weighted by atomic mass is 35.5. The summed E-state index contributed by atoms with van der Waals surface area (Å²) >= 11 is 6.43. The predicted octanol–water partition coefficient (Wildman–Crippen LogP) is 4.98. The molecule has 1 saturated heterocycles. The van der Waals surface area contributed by atoms with Gasteiger partial charge in [0.05, 0.1) is 29.7 Å². The maximum absolute atomic E-state index is 13.7. The van der Waals surface area contributed by atoms with Crippen molar-refractivity contribution in [1.82, 2.24) is 5.01 Å². The first-order chi connectivity index (χ1) is 18.0. The van der Waals surface area contributed by atoms with Crippen molar-refractivity contribution in [1.29, 1.82) is 0 Å². The molecule has 3 aromatic carbocycles. The molecule has 0 saturated carbocycles. The number of carbonyl (C=O) groups excluding carboxylic acids is 2. The molecule has 6 nitrogen and oxygen atoms in total. The number of amides is 2. The van der Waals surface area contributed by atoms with E-state index in [-0.39, 0.29) is 30.3 Å². The van der Waals surface area contributed by atoms with Gasteiger partial charge >= 0.3 is 0 Å². The van der Waals surface area contributed by atoms with Crippen LogP contribution in [0.3, 0.4) is 0 Å². The van der Waals surface area contributed by atoms with Crippen molar-refractivity contribution in [2.45, 2.75) is 18.8 Å². The zero-order chi connectivity index (χ0) is 25.7. The quantitative estimate of drug-likeness (QED) is 0.266. The van der Waals surface area contributed by atoms with Gasteiger partial charge in [-0.05, 0) is 46.9 Å². The number of hydrogen-bond donors (Lipinski definition) is 0. The fraction of sp³-hybridized carbons (Fsp3) is 0.233. The first-order valence-electron chi connectivity index (χ1n) is 12.2. The number of benzene rings is 3. The molecule has 2 amide bonds. The van der Waals surface area contributed by atoms with Gasteiger partial charge in [0.1, 0.15) is 6.61 Å². The van der Waals surface area contributed by atoms with Crippen LogP contribution in [0.15, 0.2) is 65.8 Å². The molecule has 7 rings (SSSR count). The van der Waals surface area contributed by atoms with Gasteiger partial charge in [-0.1, -0.05) is 66.1 Å². The minimum atomic E-state index is -0.485. The van der Waals surface area contributed by atoms with Gasteiger partial charge in [0, 0.05) is 11.8 Å². The zero-order valence-corrected chi connectivity index (χ0v) is 20.8. The smallest absolute Gasteiger partial charge is 0.254 e. The number of nitrogens with zero attached hydrogens (tertiary/aromatic N) is 2. The van der Waals surface area contributed by atoms with Crippen LogP contribution in [0.1, 0.15) is 46.6 Å². The summed E-state index contributed by atoms with van der Waals surface area (Å²) in [5.74, 6) is 1.26. The third kappa shape index (κ3) is 3.53. The van der Waals surface area contributed by atoms with Crippen molar-refractivity contribution in [3.8, 4) is 23.8 Å². The molecule has 2 bridgehead atoms. The van der Waals surface area contributed by atoms with Crippen molar-refractivity contribution in [3.05, 3.63) is 93.5 Å². The summed E-state index contributed by atoms with van der Waals surface area (Å²) in [5.41, 5.74) is 5.04. The van der Waals surface area contributed by atoms with E-state index < -0.39 is 11.8 Å². The van der Waals surface area contributed by atoms with Crippen LogP contribution in [0.5, 0.6) is 11.5 Å². The molecule has 3 aliphatic carbocycles. The number of terminal acetylenes is 1. The lowest BCUT2D eigenvalue weighted by molar-refractivity contribution is -0.139. The fourth-order valence-electron chi connectivity index (χ4n) is 6.08. The van der Waals surface area contributed by atoms with E-state index in [4.69, 9.17) is 27.5 Å². The molecule has 0 aromatic heterocycles. The second-order valence-corrected chi connectivity index (χ2v) is 9.66. The summed E-state index contributed by atoms with van der Waals surface area (Å²) < 4.78 is 11.2. The van der Waals surface area contributed by atoms with Crippen LogP contribution < -0.4 is 9.47 Å². The Kier molecular flexibility index (Phi) is 5.73. The summed E-state index contributed by atoms with van der Waals surface area (Å²) in [6.45, 7) is 2.27. The number of hydrogen-bond acceptors (Lipinski definition) is 5. The van der Waals surface area contributed by atoms with E-state index in [1.54, 1.807) is 12.1 Å². The fourth-order valence-corrected chi connectivity index (χ4v) is 6.35. The third-order valence-corrected chi connectivity index (χ3v) is 7.66. The Morgan fingerprint density at radius 2 is 1.49 bits per heavy atom. The van der Waals surface area contributed by atoms with Crippen LogP contribution in [0, 0.1) is 24.2 Å². The largest absolute Gasteiger partial charge is 0.490 e. The van der Waals surface area contributed by atoms with Crippen LogP contribution >= 0.6 is 11.6 Å². The minimum absolute atomic E-state index is 0.0416. The molecular formula is C30H23ClN2O4. The summed E-state index contributed by atoms with van der Waals surface area (Å²) in [7, 11) is 0. The maximum Gasteiger partial charge on any atom is 0.254 e. The molecule has 0 spiro atoms. The van der Waals surface area contributed by atoms with E-state index in [9.17, 15) is 9.59 Å². The van der Waals surface area contributed by atoms with Gasteiger partial charge in [-0.3, -0.25) is 9.59 Å². The number of ether oxygens (including phenoxy) is 2. The van der Waals surface area contributed by atoms with Gasteiger partial charge in [0.2, 0.25) is 0 Å². The van der Waals surface area contributed by atoms with Crippen LogP contribution in [-0.2, 0) is 9.59 Å². The van der Waals surface area contributed by atoms with Gasteiger partial charge in [-0.25, -0.2) is 0 Å². The van der Waals surface area contributed by atoms with Crippen LogP contribution in [-0.4, -0.2) is 36.3 Å². The first-order valence-corrected chi connectivity index (χ1v) is 12.5. The minimum Gasteiger partial charge on any atom is -0.490 e. The van der Waals surface area contributed by atoms with Crippen LogP contribution in [0.2, 0.25) is 5.02 Å². The molecule has 1 fully saturated rings. The second kappa shape index (κ2) is 9.10. The Morgan fingerprint density at radius 1 is 0.946 bits per heavy atom. The normalized spacial score (nSPS) is 23.0. The lowest BCUT2D eigenvalue weighted by Gasteiger charge is -2.45. The molecule has 1 heterocycles. The van der Waals surface area contributed by atoms with E-state index in [2.05, 4.69) is 35.3 Å². The third-order valence-electron chi connectivity index (χ3n) is 7.38. The van der Waals surface area contributed by atoms with E-state index in [1.165, 1.54) is 6.21 Å². The molecular weight excluding hydrogens is 488 g/mol. The lowest BCUT2D eigenvalue weighted by Crippen LogP contribution is -2.41. The molecule has 0 radical (unpaired) electrons. The Morgan fingerprint density at radius 3 is 1.97 bits per heavy atom. The molecule has 1 aliphatic heterocycles. The highest BCUT2D eigenvalue weighted by molar-refractivity contribution is 6.32. The predicted molar refractivity (Wildman–Crippen MR) is 140 cm³/mol. The van der Waals surface area contributed by atoms with Gasteiger partial charge < -0.3 is 9.47 Å². The highest BCUT2D eigenvalue weighted by Crippen LogP contribution is 2.61. The van der Waals surface area contributed by atoms with Crippen molar-refractivity contribution in [3.63, 3.8) is 0 Å². The Bertz CT molecular complexity index is 1390. The van der Waals surface area contributed by atoms with Crippen LogP contribution in [0.25, 0.3) is 0 Å². The molecule has 184 valence electrons. The van der Waals surface area contributed by atoms with Crippen molar-refractivity contribution in [2.24, 2.45) is 16.9 Å². The van der Waals surface area contributed by atoms with Gasteiger partial charge in [0.25, 0.3) is 11.8 Å².